The third-order valence-electron chi connectivity index (χ3n) is 5.18. The molecule has 2 aliphatic heterocycles. The van der Waals surface area contributed by atoms with Gasteiger partial charge in [0.25, 0.3) is 0 Å². The van der Waals surface area contributed by atoms with Gasteiger partial charge in [0.05, 0.1) is 23.7 Å². The van der Waals surface area contributed by atoms with E-state index in [9.17, 15) is 8.42 Å². The molecule has 0 aliphatic carbocycles. The number of nitrogens with one attached hydrogen (secondary N) is 2. The van der Waals surface area contributed by atoms with Crippen LogP contribution in [0.2, 0.25) is 0 Å². The van der Waals surface area contributed by atoms with Gasteiger partial charge in [0.2, 0.25) is 0 Å². The SMILES string of the molecule is CN=C(NCc1ccc(CN2CC(C)OC(C)C2)cc1)NC1CCS(=O)(=O)C1. The maximum Gasteiger partial charge on any atom is 0.191 e. The van der Waals surface area contributed by atoms with Gasteiger partial charge in [-0.25, -0.2) is 8.42 Å². The van der Waals surface area contributed by atoms with Gasteiger partial charge in [-0.1, -0.05) is 24.3 Å². The van der Waals surface area contributed by atoms with E-state index in [2.05, 4.69) is 58.6 Å². The molecule has 0 spiro atoms. The molecule has 0 saturated carbocycles. The van der Waals surface area contributed by atoms with Gasteiger partial charge in [0, 0.05) is 39.3 Å². The summed E-state index contributed by atoms with van der Waals surface area (Å²) in [7, 11) is -1.20. The van der Waals surface area contributed by atoms with E-state index in [0.717, 1.165) is 25.2 Å². The molecule has 1 aromatic carbocycles. The van der Waals surface area contributed by atoms with Crippen LogP contribution in [0, 0.1) is 0 Å². The van der Waals surface area contributed by atoms with Crippen LogP contribution in [0.3, 0.4) is 0 Å². The van der Waals surface area contributed by atoms with Crippen LogP contribution in [0.5, 0.6) is 0 Å². The zero-order chi connectivity index (χ0) is 20.1. The van der Waals surface area contributed by atoms with Crippen LogP contribution in [0.15, 0.2) is 29.3 Å². The van der Waals surface area contributed by atoms with E-state index < -0.39 is 9.84 Å². The number of morpholine rings is 1. The van der Waals surface area contributed by atoms with E-state index in [-0.39, 0.29) is 29.8 Å². The summed E-state index contributed by atoms with van der Waals surface area (Å²) in [6.07, 6.45) is 1.19. The fourth-order valence-electron chi connectivity index (χ4n) is 3.92. The van der Waals surface area contributed by atoms with E-state index in [1.807, 2.05) is 0 Å². The summed E-state index contributed by atoms with van der Waals surface area (Å²) in [5.74, 6) is 1.08. The van der Waals surface area contributed by atoms with E-state index in [1.54, 1.807) is 7.05 Å². The molecule has 2 aliphatic rings. The minimum atomic E-state index is -2.90. The van der Waals surface area contributed by atoms with Crippen molar-refractivity contribution < 1.29 is 13.2 Å². The topological polar surface area (TPSA) is 83.0 Å². The third kappa shape index (κ3) is 6.18. The average molecular weight is 409 g/mol. The molecule has 0 bridgehead atoms. The Hall–Kier alpha value is -1.64. The third-order valence-corrected chi connectivity index (χ3v) is 6.95. The Labute approximate surface area is 168 Å². The van der Waals surface area contributed by atoms with Crippen molar-refractivity contribution in [1.82, 2.24) is 15.5 Å². The first-order valence-corrected chi connectivity index (χ1v) is 11.8. The second kappa shape index (κ2) is 9.24. The summed E-state index contributed by atoms with van der Waals surface area (Å²) in [4.78, 5) is 6.64. The summed E-state index contributed by atoms with van der Waals surface area (Å²) >= 11 is 0. The molecule has 2 saturated heterocycles. The van der Waals surface area contributed by atoms with Crippen molar-refractivity contribution in [2.75, 3.05) is 31.6 Å². The van der Waals surface area contributed by atoms with Gasteiger partial charge >= 0.3 is 0 Å². The lowest BCUT2D eigenvalue weighted by atomic mass is 10.1. The fraction of sp³-hybridized carbons (Fsp3) is 0.650. The number of hydrogen-bond acceptors (Lipinski definition) is 5. The molecule has 8 heteroatoms. The molecule has 0 radical (unpaired) electrons. The molecule has 7 nitrogen and oxygen atoms in total. The van der Waals surface area contributed by atoms with Crippen molar-refractivity contribution >= 4 is 15.8 Å². The van der Waals surface area contributed by atoms with E-state index in [1.165, 1.54) is 5.56 Å². The highest BCUT2D eigenvalue weighted by atomic mass is 32.2. The zero-order valence-electron chi connectivity index (χ0n) is 17.0. The van der Waals surface area contributed by atoms with Gasteiger partial charge in [-0.05, 0) is 31.4 Å². The minimum absolute atomic E-state index is 0.0584. The van der Waals surface area contributed by atoms with E-state index in [0.29, 0.717) is 18.9 Å². The normalized spacial score (nSPS) is 28.2. The first kappa shape index (κ1) is 21.1. The van der Waals surface area contributed by atoms with E-state index >= 15 is 0 Å². The van der Waals surface area contributed by atoms with Crippen LogP contribution in [0.4, 0.5) is 0 Å². The number of hydrogen-bond donors (Lipinski definition) is 2. The quantitative estimate of drug-likeness (QED) is 0.562. The maximum atomic E-state index is 11.6. The summed E-state index contributed by atoms with van der Waals surface area (Å²) in [6, 6.07) is 8.53. The standard InChI is InChI=1S/C20H32N4O3S/c1-15-11-24(12-16(2)27-15)13-18-6-4-17(5-7-18)10-22-20(21-3)23-19-8-9-28(25,26)14-19/h4-7,15-16,19H,8-14H2,1-3H3,(H2,21,22,23). The fourth-order valence-corrected chi connectivity index (χ4v) is 5.59. The Balaban J connectivity index is 1.47. The van der Waals surface area contributed by atoms with Crippen molar-refractivity contribution in [1.29, 1.82) is 0 Å². The lowest BCUT2D eigenvalue weighted by Gasteiger charge is -2.35. The number of sulfone groups is 1. The Morgan fingerprint density at radius 2 is 1.82 bits per heavy atom. The molecule has 2 heterocycles. The highest BCUT2D eigenvalue weighted by Crippen LogP contribution is 2.15. The Bertz CT molecular complexity index is 769. The average Bonchev–Trinajstić information content (AvgIpc) is 2.97. The van der Waals surface area contributed by atoms with Gasteiger partial charge in [-0.2, -0.15) is 0 Å². The van der Waals surface area contributed by atoms with Crippen LogP contribution < -0.4 is 10.6 Å². The predicted molar refractivity (Wildman–Crippen MR) is 112 cm³/mol. The first-order chi connectivity index (χ1) is 13.3. The molecular formula is C20H32N4O3S. The Morgan fingerprint density at radius 3 is 2.39 bits per heavy atom. The lowest BCUT2D eigenvalue weighted by molar-refractivity contribution is -0.0704. The minimum Gasteiger partial charge on any atom is -0.373 e. The summed E-state index contributed by atoms with van der Waals surface area (Å²) in [6.45, 7) is 7.76. The summed E-state index contributed by atoms with van der Waals surface area (Å²) in [5.41, 5.74) is 2.46. The van der Waals surface area contributed by atoms with Crippen molar-refractivity contribution in [3.8, 4) is 0 Å². The first-order valence-electron chi connectivity index (χ1n) is 9.96. The van der Waals surface area contributed by atoms with Crippen LogP contribution in [0.25, 0.3) is 0 Å². The molecule has 156 valence electrons. The molecule has 2 N–H and O–H groups in total. The zero-order valence-corrected chi connectivity index (χ0v) is 17.8. The summed E-state index contributed by atoms with van der Waals surface area (Å²) < 4.78 is 29.0. The number of aliphatic imine (C=N–C) groups is 1. The van der Waals surface area contributed by atoms with Crippen LogP contribution in [-0.2, 0) is 27.7 Å². The lowest BCUT2D eigenvalue weighted by Crippen LogP contribution is -2.44. The predicted octanol–water partition coefficient (Wildman–Crippen LogP) is 1.15. The van der Waals surface area contributed by atoms with Crippen molar-refractivity contribution in [3.63, 3.8) is 0 Å². The molecule has 3 unspecified atom stereocenters. The number of rotatable bonds is 5. The monoisotopic (exact) mass is 408 g/mol. The van der Waals surface area contributed by atoms with Crippen LogP contribution in [0.1, 0.15) is 31.4 Å². The molecular weight excluding hydrogens is 376 g/mol. The van der Waals surface area contributed by atoms with Gasteiger partial charge < -0.3 is 15.4 Å². The van der Waals surface area contributed by atoms with Crippen molar-refractivity contribution in [2.45, 2.75) is 51.6 Å². The number of benzene rings is 1. The molecule has 28 heavy (non-hydrogen) atoms. The summed E-state index contributed by atoms with van der Waals surface area (Å²) in [5, 5.41) is 6.48. The number of nitrogens with zero attached hydrogens (tertiary/aromatic N) is 2. The number of ether oxygens (including phenoxy) is 1. The highest BCUT2D eigenvalue weighted by molar-refractivity contribution is 7.91. The highest BCUT2D eigenvalue weighted by Gasteiger charge is 2.28. The van der Waals surface area contributed by atoms with E-state index in [4.69, 9.17) is 4.74 Å². The molecule has 0 aromatic heterocycles. The molecule has 0 amide bonds. The van der Waals surface area contributed by atoms with Gasteiger partial charge in [0.1, 0.15) is 0 Å². The van der Waals surface area contributed by atoms with Crippen LogP contribution in [-0.4, -0.2) is 69.2 Å². The second-order valence-corrected chi connectivity index (χ2v) is 10.2. The Morgan fingerprint density at radius 1 is 1.18 bits per heavy atom. The smallest absolute Gasteiger partial charge is 0.191 e. The Kier molecular flexibility index (Phi) is 6.95. The number of guanidine groups is 1. The molecule has 2 fully saturated rings. The van der Waals surface area contributed by atoms with Gasteiger partial charge in [-0.3, -0.25) is 9.89 Å². The van der Waals surface area contributed by atoms with Gasteiger partial charge in [-0.15, -0.1) is 0 Å². The molecule has 1 aromatic rings. The largest absolute Gasteiger partial charge is 0.373 e. The maximum absolute atomic E-state index is 11.6. The van der Waals surface area contributed by atoms with Crippen molar-refractivity contribution in [3.05, 3.63) is 35.4 Å². The van der Waals surface area contributed by atoms with Crippen molar-refractivity contribution in [2.24, 2.45) is 4.99 Å². The second-order valence-electron chi connectivity index (χ2n) is 7.94. The van der Waals surface area contributed by atoms with Crippen LogP contribution >= 0.6 is 0 Å². The molecule has 3 rings (SSSR count). The molecule has 3 atom stereocenters. The van der Waals surface area contributed by atoms with Gasteiger partial charge in [0.15, 0.2) is 15.8 Å².